The van der Waals surface area contributed by atoms with Crippen LogP contribution in [0.25, 0.3) is 5.52 Å². The monoisotopic (exact) mass is 520 g/mol. The highest BCUT2D eigenvalue weighted by Crippen LogP contribution is 2.34. The molecule has 2 aromatic carbocycles. The van der Waals surface area contributed by atoms with Crippen LogP contribution in [0.5, 0.6) is 11.5 Å². The lowest BCUT2D eigenvalue weighted by molar-refractivity contribution is 0.0701. The number of aromatic nitrogens is 2. The smallest absolute Gasteiger partial charge is 0.274 e. The Kier molecular flexibility index (Phi) is 6.95. The van der Waals surface area contributed by atoms with Gasteiger partial charge >= 0.3 is 0 Å². The van der Waals surface area contributed by atoms with Crippen LogP contribution >= 0.6 is 0 Å². The van der Waals surface area contributed by atoms with Crippen molar-refractivity contribution in [2.75, 3.05) is 32.6 Å². The Morgan fingerprint density at radius 2 is 1.63 bits per heavy atom. The molecule has 10 heteroatoms. The van der Waals surface area contributed by atoms with Crippen molar-refractivity contribution in [1.29, 1.82) is 0 Å². The van der Waals surface area contributed by atoms with Gasteiger partial charge in [-0.25, -0.2) is 13.8 Å². The maximum Gasteiger partial charge on any atom is 0.274 e. The molecule has 3 heterocycles. The van der Waals surface area contributed by atoms with Crippen molar-refractivity contribution < 1.29 is 27.8 Å². The van der Waals surface area contributed by atoms with Crippen molar-refractivity contribution in [3.05, 3.63) is 89.5 Å². The molecule has 0 bridgehead atoms. The first kappa shape index (κ1) is 25.2. The second-order valence-corrected chi connectivity index (χ2v) is 9.04. The van der Waals surface area contributed by atoms with Crippen LogP contribution < -0.4 is 14.8 Å². The number of nitrogens with zero attached hydrogens (tertiary/aromatic N) is 3. The van der Waals surface area contributed by atoms with Gasteiger partial charge in [-0.3, -0.25) is 9.59 Å². The second-order valence-electron chi connectivity index (χ2n) is 9.04. The maximum atomic E-state index is 14.8. The van der Waals surface area contributed by atoms with E-state index in [2.05, 4.69) is 10.3 Å². The number of nitrogens with one attached hydrogen (secondary N) is 1. The average molecular weight is 521 g/mol. The van der Waals surface area contributed by atoms with Crippen molar-refractivity contribution >= 4 is 23.0 Å². The molecule has 0 atom stereocenters. The fraction of sp³-hybridized carbons (Fsp3) is 0.250. The summed E-state index contributed by atoms with van der Waals surface area (Å²) in [5.41, 5.74) is 2.22. The Morgan fingerprint density at radius 1 is 0.974 bits per heavy atom. The van der Waals surface area contributed by atoms with E-state index < -0.39 is 23.1 Å². The number of halogens is 2. The molecule has 0 aliphatic carbocycles. The van der Waals surface area contributed by atoms with E-state index in [4.69, 9.17) is 9.47 Å². The standard InChI is InChI=1S/C28H26F2N4O4/c1-37-22-15-23(38-2)26(30)24(25(22)29)28(36)33-12-9-18(10-13-33)17-5-7-19(8-6-17)32-27(35)21-14-20-4-3-11-34(20)16-31-21/h3-8,11,14-16,18H,9-10,12-13H2,1-2H3,(H,32,35). The first-order chi connectivity index (χ1) is 18.4. The minimum atomic E-state index is -1.04. The van der Waals surface area contributed by atoms with Gasteiger partial charge in [-0.05, 0) is 54.7 Å². The zero-order valence-corrected chi connectivity index (χ0v) is 20.9. The van der Waals surface area contributed by atoms with Crippen LogP contribution in [-0.2, 0) is 0 Å². The zero-order valence-electron chi connectivity index (χ0n) is 20.9. The number of amides is 2. The van der Waals surface area contributed by atoms with Gasteiger partial charge in [0.15, 0.2) is 23.1 Å². The Bertz CT molecular complexity index is 1470. The molecule has 38 heavy (non-hydrogen) atoms. The minimum Gasteiger partial charge on any atom is -0.494 e. The Hall–Kier alpha value is -4.47. The third kappa shape index (κ3) is 4.77. The number of ether oxygens (including phenoxy) is 2. The van der Waals surface area contributed by atoms with Crippen molar-refractivity contribution in [2.45, 2.75) is 18.8 Å². The van der Waals surface area contributed by atoms with Crippen molar-refractivity contribution in [3.63, 3.8) is 0 Å². The SMILES string of the molecule is COc1cc(OC)c(F)c(C(=O)N2CCC(c3ccc(NC(=O)c4cc5cccn5cn4)cc3)CC2)c1F. The molecule has 196 valence electrons. The van der Waals surface area contributed by atoms with Gasteiger partial charge in [0, 0.05) is 36.6 Å². The molecule has 1 aliphatic heterocycles. The predicted octanol–water partition coefficient (Wildman–Crippen LogP) is 4.90. The largest absolute Gasteiger partial charge is 0.494 e. The summed E-state index contributed by atoms with van der Waals surface area (Å²) in [6.07, 6.45) is 4.71. The minimum absolute atomic E-state index is 0.164. The number of fused-ring (bicyclic) bond motifs is 1. The molecule has 4 aromatic rings. The summed E-state index contributed by atoms with van der Waals surface area (Å²) in [5, 5.41) is 2.86. The summed E-state index contributed by atoms with van der Waals surface area (Å²) in [5.74, 6) is -3.47. The van der Waals surface area contributed by atoms with Crippen molar-refractivity contribution in [3.8, 4) is 11.5 Å². The summed E-state index contributed by atoms with van der Waals surface area (Å²) in [7, 11) is 2.48. The van der Waals surface area contributed by atoms with E-state index in [1.54, 1.807) is 12.4 Å². The number of likely N-dealkylation sites (tertiary alicyclic amines) is 1. The molecule has 0 unspecified atom stereocenters. The molecule has 1 saturated heterocycles. The molecule has 1 N–H and O–H groups in total. The van der Waals surface area contributed by atoms with Crippen LogP contribution in [0.2, 0.25) is 0 Å². The molecular weight excluding hydrogens is 494 g/mol. The molecule has 2 aromatic heterocycles. The van der Waals surface area contributed by atoms with E-state index in [0.717, 1.165) is 17.1 Å². The van der Waals surface area contributed by atoms with Gasteiger partial charge in [-0.1, -0.05) is 12.1 Å². The van der Waals surface area contributed by atoms with Crippen LogP contribution in [0.15, 0.2) is 61.1 Å². The van der Waals surface area contributed by atoms with Gasteiger partial charge in [0.2, 0.25) is 0 Å². The summed E-state index contributed by atoms with van der Waals surface area (Å²) < 4.78 is 41.3. The zero-order chi connectivity index (χ0) is 26.8. The topological polar surface area (TPSA) is 85.2 Å². The quantitative estimate of drug-likeness (QED) is 0.391. The number of rotatable bonds is 6. The van der Waals surface area contributed by atoms with E-state index >= 15 is 0 Å². The molecule has 0 spiro atoms. The van der Waals surface area contributed by atoms with Gasteiger partial charge in [-0.2, -0.15) is 0 Å². The summed E-state index contributed by atoms with van der Waals surface area (Å²) in [6, 6.07) is 14.1. The Balaban J connectivity index is 1.22. The number of carbonyl (C=O) groups is 2. The van der Waals surface area contributed by atoms with Gasteiger partial charge in [0.25, 0.3) is 11.8 Å². The van der Waals surface area contributed by atoms with Gasteiger partial charge in [0.05, 0.1) is 20.5 Å². The number of anilines is 1. The van der Waals surface area contributed by atoms with Crippen LogP contribution in [-0.4, -0.2) is 53.4 Å². The van der Waals surface area contributed by atoms with Crippen LogP contribution in [0.4, 0.5) is 14.5 Å². The molecule has 8 nitrogen and oxygen atoms in total. The van der Waals surface area contributed by atoms with Crippen LogP contribution in [0.1, 0.15) is 45.2 Å². The molecule has 0 saturated carbocycles. The average Bonchev–Trinajstić information content (AvgIpc) is 3.42. The highest BCUT2D eigenvalue weighted by Gasteiger charge is 2.31. The fourth-order valence-corrected chi connectivity index (χ4v) is 4.74. The van der Waals surface area contributed by atoms with Gasteiger partial charge < -0.3 is 24.1 Å². The molecule has 5 rings (SSSR count). The number of benzene rings is 2. The second kappa shape index (κ2) is 10.5. The summed E-state index contributed by atoms with van der Waals surface area (Å²) in [4.78, 5) is 31.3. The molecule has 2 amide bonds. The normalized spacial score (nSPS) is 13.9. The van der Waals surface area contributed by atoms with Crippen molar-refractivity contribution in [1.82, 2.24) is 14.3 Å². The van der Waals surface area contributed by atoms with E-state index in [1.807, 2.05) is 47.0 Å². The maximum absolute atomic E-state index is 14.8. The summed E-state index contributed by atoms with van der Waals surface area (Å²) >= 11 is 0. The number of hydrogen-bond acceptors (Lipinski definition) is 5. The fourth-order valence-electron chi connectivity index (χ4n) is 4.74. The third-order valence-corrected chi connectivity index (χ3v) is 6.86. The van der Waals surface area contributed by atoms with Crippen molar-refractivity contribution in [2.24, 2.45) is 0 Å². The van der Waals surface area contributed by atoms with E-state index in [-0.39, 0.29) is 23.3 Å². The number of methoxy groups -OCH3 is 2. The van der Waals surface area contributed by atoms with E-state index in [9.17, 15) is 18.4 Å². The highest BCUT2D eigenvalue weighted by molar-refractivity contribution is 6.03. The number of piperidine rings is 1. The lowest BCUT2D eigenvalue weighted by Crippen LogP contribution is -2.38. The summed E-state index contributed by atoms with van der Waals surface area (Å²) in [6.45, 7) is 0.683. The predicted molar refractivity (Wildman–Crippen MR) is 137 cm³/mol. The van der Waals surface area contributed by atoms with E-state index in [0.29, 0.717) is 37.3 Å². The molecule has 0 radical (unpaired) electrons. The van der Waals surface area contributed by atoms with Crippen LogP contribution in [0.3, 0.4) is 0 Å². The number of carbonyl (C=O) groups excluding carboxylic acids is 2. The lowest BCUT2D eigenvalue weighted by Gasteiger charge is -2.32. The third-order valence-electron chi connectivity index (χ3n) is 6.86. The highest BCUT2D eigenvalue weighted by atomic mass is 19.1. The lowest BCUT2D eigenvalue weighted by atomic mass is 9.89. The molecular formula is C28H26F2N4O4. The first-order valence-electron chi connectivity index (χ1n) is 12.1. The Labute approximate surface area is 217 Å². The number of hydrogen-bond donors (Lipinski definition) is 1. The molecule has 1 fully saturated rings. The van der Waals surface area contributed by atoms with Gasteiger partial charge in [-0.15, -0.1) is 0 Å². The first-order valence-corrected chi connectivity index (χ1v) is 12.1. The van der Waals surface area contributed by atoms with Gasteiger partial charge in [0.1, 0.15) is 11.3 Å². The van der Waals surface area contributed by atoms with E-state index in [1.165, 1.54) is 19.1 Å². The Morgan fingerprint density at radius 3 is 2.26 bits per heavy atom. The molecule has 1 aliphatic rings. The van der Waals surface area contributed by atoms with Crippen LogP contribution in [0, 0.1) is 11.6 Å².